The van der Waals surface area contributed by atoms with Gasteiger partial charge in [-0.1, -0.05) is 23.9 Å². The van der Waals surface area contributed by atoms with Crippen LogP contribution in [0.1, 0.15) is 15.9 Å². The van der Waals surface area contributed by atoms with E-state index in [0.29, 0.717) is 34.3 Å². The van der Waals surface area contributed by atoms with Gasteiger partial charge in [-0.05, 0) is 54.1 Å². The van der Waals surface area contributed by atoms with Crippen molar-refractivity contribution in [3.8, 4) is 5.75 Å². The Balaban J connectivity index is 1.38. The zero-order valence-corrected chi connectivity index (χ0v) is 18.4. The third kappa shape index (κ3) is 5.66. The summed E-state index contributed by atoms with van der Waals surface area (Å²) in [6, 6.07) is 16.3. The number of carbonyl (C=O) groups is 2. The Bertz CT molecular complexity index is 1280. The van der Waals surface area contributed by atoms with Crippen LogP contribution in [0.3, 0.4) is 0 Å². The third-order valence-electron chi connectivity index (χ3n) is 4.72. The summed E-state index contributed by atoms with van der Waals surface area (Å²) in [5.41, 5.74) is 2.42. The number of carbonyl (C=O) groups excluding carboxylic acids is 2. The number of nitrogens with one attached hydrogen (secondary N) is 2. The number of aromatic nitrogens is 3. The van der Waals surface area contributed by atoms with Crippen molar-refractivity contribution in [2.75, 3.05) is 18.2 Å². The lowest BCUT2D eigenvalue weighted by atomic mass is 10.2. The van der Waals surface area contributed by atoms with Crippen LogP contribution in [0.5, 0.6) is 5.75 Å². The molecule has 0 saturated heterocycles. The van der Waals surface area contributed by atoms with Gasteiger partial charge >= 0.3 is 0 Å². The molecule has 33 heavy (non-hydrogen) atoms. The number of halogens is 1. The van der Waals surface area contributed by atoms with Gasteiger partial charge in [0.05, 0.1) is 18.4 Å². The molecule has 10 heteroatoms. The molecule has 0 aliphatic heterocycles. The first-order valence-corrected chi connectivity index (χ1v) is 10.9. The Labute approximate surface area is 193 Å². The van der Waals surface area contributed by atoms with Gasteiger partial charge in [-0.25, -0.2) is 4.39 Å². The molecule has 168 valence electrons. The van der Waals surface area contributed by atoms with Gasteiger partial charge in [-0.15, -0.1) is 10.2 Å². The molecule has 0 spiro atoms. The third-order valence-corrected chi connectivity index (χ3v) is 5.66. The van der Waals surface area contributed by atoms with Crippen LogP contribution >= 0.6 is 11.8 Å². The number of rotatable bonds is 8. The molecule has 2 amide bonds. The summed E-state index contributed by atoms with van der Waals surface area (Å²) in [6.07, 6.45) is 1.63. The van der Waals surface area contributed by atoms with Crippen molar-refractivity contribution in [2.24, 2.45) is 0 Å². The molecule has 2 aromatic heterocycles. The molecule has 0 unspecified atom stereocenters. The van der Waals surface area contributed by atoms with E-state index in [4.69, 9.17) is 4.74 Å². The smallest absolute Gasteiger partial charge is 0.257 e. The first kappa shape index (κ1) is 22.3. The molecule has 0 bridgehead atoms. The molecule has 8 nitrogen and oxygen atoms in total. The minimum absolute atomic E-state index is 0.115. The number of benzene rings is 2. The highest BCUT2D eigenvalue weighted by atomic mass is 32.2. The van der Waals surface area contributed by atoms with Gasteiger partial charge in [-0.3, -0.25) is 14.0 Å². The lowest BCUT2D eigenvalue weighted by Crippen LogP contribution is -2.24. The van der Waals surface area contributed by atoms with Crippen LogP contribution in [0.4, 0.5) is 10.1 Å². The molecule has 0 saturated carbocycles. The fraction of sp³-hybridized carbons (Fsp3) is 0.130. The van der Waals surface area contributed by atoms with Crippen molar-refractivity contribution in [1.29, 1.82) is 0 Å². The number of methoxy groups -OCH3 is 1. The highest BCUT2D eigenvalue weighted by Crippen LogP contribution is 2.19. The Morgan fingerprint density at radius 2 is 1.79 bits per heavy atom. The van der Waals surface area contributed by atoms with E-state index in [1.54, 1.807) is 66.2 Å². The number of hydrogen-bond acceptors (Lipinski definition) is 6. The van der Waals surface area contributed by atoms with Crippen molar-refractivity contribution < 1.29 is 18.7 Å². The first-order chi connectivity index (χ1) is 16.0. The van der Waals surface area contributed by atoms with E-state index in [0.717, 1.165) is 5.56 Å². The predicted molar refractivity (Wildman–Crippen MR) is 123 cm³/mol. The second-order valence-corrected chi connectivity index (χ2v) is 7.95. The molecule has 0 radical (unpaired) electrons. The van der Waals surface area contributed by atoms with E-state index in [1.165, 1.54) is 23.9 Å². The molecule has 4 rings (SSSR count). The lowest BCUT2D eigenvalue weighted by molar-refractivity contribution is -0.118. The topological polar surface area (TPSA) is 97.6 Å². The standard InChI is InChI=1S/C23H20FN5O3S/c1-32-19-9-7-18(8-10-19)26-22(31)16-4-11-20-27-28-23(29(20)13-16)33-14-21(30)25-12-15-2-5-17(24)6-3-15/h2-11,13H,12,14H2,1H3,(H,25,30)(H,26,31). The highest BCUT2D eigenvalue weighted by molar-refractivity contribution is 7.99. The van der Waals surface area contributed by atoms with Gasteiger partial charge in [0.1, 0.15) is 11.6 Å². The summed E-state index contributed by atoms with van der Waals surface area (Å²) < 4.78 is 19.8. The van der Waals surface area contributed by atoms with Crippen LogP contribution in [0.15, 0.2) is 72.0 Å². The molecule has 0 aliphatic carbocycles. The normalized spacial score (nSPS) is 10.7. The number of anilines is 1. The van der Waals surface area contributed by atoms with Gasteiger partial charge < -0.3 is 15.4 Å². The van der Waals surface area contributed by atoms with E-state index in [2.05, 4.69) is 20.8 Å². The fourth-order valence-electron chi connectivity index (χ4n) is 2.96. The average molecular weight is 466 g/mol. The fourth-order valence-corrected chi connectivity index (χ4v) is 3.71. The van der Waals surface area contributed by atoms with Crippen LogP contribution in [0, 0.1) is 5.82 Å². The quantitative estimate of drug-likeness (QED) is 0.387. The van der Waals surface area contributed by atoms with Gasteiger partial charge in [0.25, 0.3) is 5.91 Å². The molecule has 2 N–H and O–H groups in total. The number of ether oxygens (including phenoxy) is 1. The van der Waals surface area contributed by atoms with Crippen LogP contribution in [-0.4, -0.2) is 39.3 Å². The maximum absolute atomic E-state index is 13.0. The zero-order chi connectivity index (χ0) is 23.2. The maximum atomic E-state index is 13.0. The van der Waals surface area contributed by atoms with E-state index in [1.807, 2.05) is 0 Å². The summed E-state index contributed by atoms with van der Waals surface area (Å²) in [6.45, 7) is 0.302. The van der Waals surface area contributed by atoms with E-state index >= 15 is 0 Å². The van der Waals surface area contributed by atoms with Crippen LogP contribution in [-0.2, 0) is 11.3 Å². The molecular weight excluding hydrogens is 445 g/mol. The molecule has 0 fully saturated rings. The number of nitrogens with zero attached hydrogens (tertiary/aromatic N) is 3. The second-order valence-electron chi connectivity index (χ2n) is 7.00. The molecule has 0 atom stereocenters. The monoisotopic (exact) mass is 465 g/mol. The van der Waals surface area contributed by atoms with Gasteiger partial charge in [0, 0.05) is 18.4 Å². The minimum Gasteiger partial charge on any atom is -0.497 e. The lowest BCUT2D eigenvalue weighted by Gasteiger charge is -2.07. The van der Waals surface area contributed by atoms with Crippen LogP contribution in [0.2, 0.25) is 0 Å². The average Bonchev–Trinajstić information content (AvgIpc) is 3.25. The van der Waals surface area contributed by atoms with Crippen molar-refractivity contribution in [3.63, 3.8) is 0 Å². The summed E-state index contributed by atoms with van der Waals surface area (Å²) in [5, 5.41) is 14.3. The first-order valence-electron chi connectivity index (χ1n) is 9.96. The van der Waals surface area contributed by atoms with Gasteiger partial charge in [0.2, 0.25) is 5.91 Å². The van der Waals surface area contributed by atoms with Crippen LogP contribution < -0.4 is 15.4 Å². The Hall–Kier alpha value is -3.92. The maximum Gasteiger partial charge on any atom is 0.257 e. The summed E-state index contributed by atoms with van der Waals surface area (Å²) in [7, 11) is 1.58. The summed E-state index contributed by atoms with van der Waals surface area (Å²) in [5.74, 6) is 0.00134. The SMILES string of the molecule is COc1ccc(NC(=O)c2ccc3nnc(SCC(=O)NCc4ccc(F)cc4)n3c2)cc1. The molecular formula is C23H20FN5O3S. The van der Waals surface area contributed by atoms with E-state index < -0.39 is 0 Å². The Morgan fingerprint density at radius 3 is 2.52 bits per heavy atom. The molecule has 0 aliphatic rings. The summed E-state index contributed by atoms with van der Waals surface area (Å²) >= 11 is 1.20. The number of pyridine rings is 1. The minimum atomic E-state index is -0.323. The van der Waals surface area contributed by atoms with Crippen LogP contribution in [0.25, 0.3) is 5.65 Å². The largest absolute Gasteiger partial charge is 0.497 e. The van der Waals surface area contributed by atoms with E-state index in [-0.39, 0.29) is 23.4 Å². The van der Waals surface area contributed by atoms with Crippen molar-refractivity contribution in [1.82, 2.24) is 19.9 Å². The molecule has 2 aromatic carbocycles. The van der Waals surface area contributed by atoms with Crippen molar-refractivity contribution >= 4 is 34.9 Å². The summed E-state index contributed by atoms with van der Waals surface area (Å²) in [4.78, 5) is 24.9. The van der Waals surface area contributed by atoms with E-state index in [9.17, 15) is 14.0 Å². The molecule has 4 aromatic rings. The van der Waals surface area contributed by atoms with Crippen molar-refractivity contribution in [3.05, 3.63) is 83.8 Å². The number of thioether (sulfide) groups is 1. The number of fused-ring (bicyclic) bond motifs is 1. The van der Waals surface area contributed by atoms with Gasteiger partial charge in [-0.2, -0.15) is 0 Å². The Morgan fingerprint density at radius 1 is 1.03 bits per heavy atom. The highest BCUT2D eigenvalue weighted by Gasteiger charge is 2.13. The second kappa shape index (κ2) is 10.1. The van der Waals surface area contributed by atoms with Gasteiger partial charge in [0.15, 0.2) is 10.8 Å². The Kier molecular flexibility index (Phi) is 6.84. The molecule has 2 heterocycles. The van der Waals surface area contributed by atoms with Crippen molar-refractivity contribution in [2.45, 2.75) is 11.7 Å². The zero-order valence-electron chi connectivity index (χ0n) is 17.6. The predicted octanol–water partition coefficient (Wildman–Crippen LogP) is 3.54. The number of amides is 2. The number of hydrogen-bond donors (Lipinski definition) is 2.